The zero-order valence-electron chi connectivity index (χ0n) is 12.1. The molecule has 2 rings (SSSR count). The number of aliphatic hydroxyl groups excluding tert-OH is 1. The fourth-order valence-electron chi connectivity index (χ4n) is 2.31. The molecule has 0 amide bonds. The summed E-state index contributed by atoms with van der Waals surface area (Å²) in [6.07, 6.45) is 0. The number of hydrogen-bond donors (Lipinski definition) is 1. The van der Waals surface area contributed by atoms with Gasteiger partial charge in [-0.3, -0.25) is 10.1 Å². The van der Waals surface area contributed by atoms with Gasteiger partial charge in [-0.05, 0) is 24.1 Å². The van der Waals surface area contributed by atoms with Crippen molar-refractivity contribution in [1.82, 2.24) is 0 Å². The molecule has 5 heteroatoms. The number of anilines is 1. The Labute approximate surface area is 123 Å². The predicted molar refractivity (Wildman–Crippen MR) is 82.3 cm³/mol. The molecule has 5 nitrogen and oxygen atoms in total. The second kappa shape index (κ2) is 6.37. The third-order valence-corrected chi connectivity index (χ3v) is 3.52. The smallest absolute Gasteiger partial charge is 0.269 e. The number of hydrogen-bond acceptors (Lipinski definition) is 4. The highest BCUT2D eigenvalue weighted by Crippen LogP contribution is 2.26. The van der Waals surface area contributed by atoms with Crippen LogP contribution < -0.4 is 4.90 Å². The highest BCUT2D eigenvalue weighted by Gasteiger charge is 2.13. The number of benzene rings is 2. The van der Waals surface area contributed by atoms with Crippen LogP contribution in [0.4, 0.5) is 11.4 Å². The molecule has 0 aromatic heterocycles. The lowest BCUT2D eigenvalue weighted by atomic mass is 10.1. The van der Waals surface area contributed by atoms with Crippen molar-refractivity contribution in [2.24, 2.45) is 0 Å². The van der Waals surface area contributed by atoms with Crippen LogP contribution >= 0.6 is 0 Å². The Morgan fingerprint density at radius 3 is 2.52 bits per heavy atom. The van der Waals surface area contributed by atoms with Crippen molar-refractivity contribution < 1.29 is 10.0 Å². The lowest BCUT2D eigenvalue weighted by molar-refractivity contribution is -0.384. The van der Waals surface area contributed by atoms with E-state index >= 15 is 0 Å². The molecule has 21 heavy (non-hydrogen) atoms. The monoisotopic (exact) mass is 286 g/mol. The van der Waals surface area contributed by atoms with E-state index in [-0.39, 0.29) is 12.3 Å². The summed E-state index contributed by atoms with van der Waals surface area (Å²) in [5, 5.41) is 20.2. The number of non-ortho nitro benzene ring substituents is 1. The minimum atomic E-state index is -0.454. The SMILES string of the molecule is Cc1ccccc1CN(C)c1ccc([N+](=O)[O-])cc1CO. The molecule has 0 saturated heterocycles. The first-order valence-electron chi connectivity index (χ1n) is 6.66. The number of nitrogens with zero attached hydrogens (tertiary/aromatic N) is 2. The van der Waals surface area contributed by atoms with Crippen molar-refractivity contribution in [2.75, 3.05) is 11.9 Å². The lowest BCUT2D eigenvalue weighted by Crippen LogP contribution is -2.18. The molecule has 110 valence electrons. The number of nitro groups is 1. The predicted octanol–water partition coefficient (Wildman–Crippen LogP) is 3.03. The Hall–Kier alpha value is -2.40. The van der Waals surface area contributed by atoms with Gasteiger partial charge >= 0.3 is 0 Å². The van der Waals surface area contributed by atoms with Gasteiger partial charge in [-0.1, -0.05) is 24.3 Å². The van der Waals surface area contributed by atoms with Crippen LogP contribution in [0.2, 0.25) is 0 Å². The van der Waals surface area contributed by atoms with Gasteiger partial charge in [0.15, 0.2) is 0 Å². The van der Waals surface area contributed by atoms with E-state index < -0.39 is 4.92 Å². The van der Waals surface area contributed by atoms with Gasteiger partial charge in [-0.25, -0.2) is 0 Å². The molecule has 0 spiro atoms. The first kappa shape index (κ1) is 15.0. The van der Waals surface area contributed by atoms with Crippen molar-refractivity contribution in [3.8, 4) is 0 Å². The van der Waals surface area contributed by atoms with E-state index in [1.54, 1.807) is 6.07 Å². The van der Waals surface area contributed by atoms with Gasteiger partial charge in [-0.15, -0.1) is 0 Å². The van der Waals surface area contributed by atoms with E-state index in [9.17, 15) is 15.2 Å². The summed E-state index contributed by atoms with van der Waals surface area (Å²) in [5.74, 6) is 0. The van der Waals surface area contributed by atoms with E-state index in [1.165, 1.54) is 23.3 Å². The molecule has 0 fully saturated rings. The molecule has 0 bridgehead atoms. The van der Waals surface area contributed by atoms with E-state index in [0.29, 0.717) is 12.1 Å². The quantitative estimate of drug-likeness (QED) is 0.677. The molecular weight excluding hydrogens is 268 g/mol. The lowest BCUT2D eigenvalue weighted by Gasteiger charge is -2.22. The number of rotatable bonds is 5. The summed E-state index contributed by atoms with van der Waals surface area (Å²) < 4.78 is 0. The summed E-state index contributed by atoms with van der Waals surface area (Å²) in [4.78, 5) is 12.3. The van der Waals surface area contributed by atoms with Crippen molar-refractivity contribution in [1.29, 1.82) is 0 Å². The van der Waals surface area contributed by atoms with E-state index in [1.807, 2.05) is 37.1 Å². The molecule has 0 aliphatic heterocycles. The summed E-state index contributed by atoms with van der Waals surface area (Å²) in [5.41, 5.74) is 3.72. The first-order valence-corrected chi connectivity index (χ1v) is 6.66. The van der Waals surface area contributed by atoms with E-state index in [4.69, 9.17) is 0 Å². The van der Waals surface area contributed by atoms with Crippen LogP contribution in [0.15, 0.2) is 42.5 Å². The molecule has 0 aliphatic carbocycles. The Kier molecular flexibility index (Phi) is 4.55. The molecule has 0 aliphatic rings. The minimum absolute atomic E-state index is 0.00732. The maximum atomic E-state index is 10.8. The molecule has 0 unspecified atom stereocenters. The van der Waals surface area contributed by atoms with Gasteiger partial charge in [0.05, 0.1) is 11.5 Å². The summed E-state index contributed by atoms with van der Waals surface area (Å²) in [6.45, 7) is 2.50. The van der Waals surface area contributed by atoms with E-state index in [0.717, 1.165) is 5.69 Å². The van der Waals surface area contributed by atoms with Crippen LogP contribution in [0, 0.1) is 17.0 Å². The van der Waals surface area contributed by atoms with Gasteiger partial charge in [0, 0.05) is 37.0 Å². The largest absolute Gasteiger partial charge is 0.392 e. The van der Waals surface area contributed by atoms with Crippen LogP contribution in [-0.2, 0) is 13.2 Å². The van der Waals surface area contributed by atoms with Crippen molar-refractivity contribution in [3.05, 3.63) is 69.3 Å². The molecular formula is C16H18N2O3. The maximum absolute atomic E-state index is 10.8. The number of aryl methyl sites for hydroxylation is 1. The highest BCUT2D eigenvalue weighted by atomic mass is 16.6. The molecule has 2 aromatic rings. The normalized spacial score (nSPS) is 10.4. The molecule has 0 saturated carbocycles. The molecule has 1 N–H and O–H groups in total. The minimum Gasteiger partial charge on any atom is -0.392 e. The average Bonchev–Trinajstić information content (AvgIpc) is 2.48. The Morgan fingerprint density at radius 1 is 1.19 bits per heavy atom. The van der Waals surface area contributed by atoms with Gasteiger partial charge in [0.2, 0.25) is 0 Å². The van der Waals surface area contributed by atoms with Gasteiger partial charge in [0.1, 0.15) is 0 Å². The van der Waals surface area contributed by atoms with Gasteiger partial charge < -0.3 is 10.0 Å². The Balaban J connectivity index is 2.29. The second-order valence-corrected chi connectivity index (χ2v) is 5.01. The Morgan fingerprint density at radius 2 is 1.90 bits per heavy atom. The zero-order valence-corrected chi connectivity index (χ0v) is 12.1. The molecule has 0 heterocycles. The summed E-state index contributed by atoms with van der Waals surface area (Å²) >= 11 is 0. The fourth-order valence-corrected chi connectivity index (χ4v) is 2.31. The third kappa shape index (κ3) is 3.38. The van der Waals surface area contributed by atoms with Crippen LogP contribution in [-0.4, -0.2) is 17.1 Å². The molecule has 2 aromatic carbocycles. The first-order chi connectivity index (χ1) is 10.0. The molecule has 0 radical (unpaired) electrons. The fraction of sp³-hybridized carbons (Fsp3) is 0.250. The Bertz CT molecular complexity index is 656. The van der Waals surface area contributed by atoms with Crippen LogP contribution in [0.3, 0.4) is 0 Å². The standard InChI is InChI=1S/C16H18N2O3/c1-12-5-3-4-6-13(12)10-17(2)16-8-7-15(18(20)21)9-14(16)11-19/h3-9,19H,10-11H2,1-2H3. The summed E-state index contributed by atoms with van der Waals surface area (Å²) in [7, 11) is 1.91. The number of nitro benzene ring substituents is 1. The second-order valence-electron chi connectivity index (χ2n) is 5.01. The van der Waals surface area contributed by atoms with Crippen molar-refractivity contribution >= 4 is 11.4 Å². The number of aliphatic hydroxyl groups is 1. The average molecular weight is 286 g/mol. The molecule has 0 atom stereocenters. The van der Waals surface area contributed by atoms with E-state index in [2.05, 4.69) is 6.07 Å². The van der Waals surface area contributed by atoms with Gasteiger partial charge in [0.25, 0.3) is 5.69 Å². The zero-order chi connectivity index (χ0) is 15.4. The topological polar surface area (TPSA) is 66.6 Å². The third-order valence-electron chi connectivity index (χ3n) is 3.52. The van der Waals surface area contributed by atoms with Crippen LogP contribution in [0.25, 0.3) is 0 Å². The van der Waals surface area contributed by atoms with Crippen LogP contribution in [0.5, 0.6) is 0 Å². The maximum Gasteiger partial charge on any atom is 0.269 e. The van der Waals surface area contributed by atoms with Gasteiger partial charge in [-0.2, -0.15) is 0 Å². The van der Waals surface area contributed by atoms with Crippen molar-refractivity contribution in [2.45, 2.75) is 20.1 Å². The van der Waals surface area contributed by atoms with Crippen LogP contribution in [0.1, 0.15) is 16.7 Å². The highest BCUT2D eigenvalue weighted by molar-refractivity contribution is 5.57. The summed E-state index contributed by atoms with van der Waals surface area (Å²) in [6, 6.07) is 12.6. The van der Waals surface area contributed by atoms with Crippen molar-refractivity contribution in [3.63, 3.8) is 0 Å².